The van der Waals surface area contributed by atoms with E-state index in [4.69, 9.17) is 13.9 Å². The lowest BCUT2D eigenvalue weighted by molar-refractivity contribution is 0.167. The van der Waals surface area contributed by atoms with E-state index in [0.29, 0.717) is 16.1 Å². The van der Waals surface area contributed by atoms with Gasteiger partial charge in [-0.15, -0.1) is 5.10 Å². The lowest BCUT2D eigenvalue weighted by atomic mass is 9.56. The number of nitrogens with zero attached hydrogens (tertiary/aromatic N) is 4. The van der Waals surface area contributed by atoms with Gasteiger partial charge in [0.25, 0.3) is 0 Å². The summed E-state index contributed by atoms with van der Waals surface area (Å²) in [6.45, 7) is 4.17. The molecule has 109 valence electrons. The largest absolute Gasteiger partial charge is 0.459 e. The predicted molar refractivity (Wildman–Crippen MR) is 88.1 cm³/mol. The zero-order chi connectivity index (χ0) is 16.1. The van der Waals surface area contributed by atoms with Crippen LogP contribution in [0.1, 0.15) is 33.1 Å². The Morgan fingerprint density at radius 1 is 1.62 bits per heavy atom. The third-order valence-electron chi connectivity index (χ3n) is 2.97. The van der Waals surface area contributed by atoms with Gasteiger partial charge in [-0.1, -0.05) is 20.3 Å². The van der Waals surface area contributed by atoms with Crippen molar-refractivity contribution in [1.29, 1.82) is 0 Å². The minimum absolute atomic E-state index is 0.0536. The summed E-state index contributed by atoms with van der Waals surface area (Å²) in [7, 11) is 6.78. The highest BCUT2D eigenvalue weighted by Gasteiger charge is 2.15. The first kappa shape index (κ1) is 14.7. The summed E-state index contributed by atoms with van der Waals surface area (Å²) >= 11 is 3.38. The number of imidazole rings is 1. The quantitative estimate of drug-likeness (QED) is 0.738. The number of nitrogens with one attached hydrogen (secondary N) is 1. The van der Waals surface area contributed by atoms with E-state index in [1.54, 1.807) is 10.7 Å². The highest BCUT2D eigenvalue weighted by molar-refractivity contribution is 9.10. The van der Waals surface area contributed by atoms with Crippen molar-refractivity contribution in [2.24, 2.45) is 0 Å². The lowest BCUT2D eigenvalue weighted by Crippen LogP contribution is -2.19. The molecule has 2 heterocycles. The summed E-state index contributed by atoms with van der Waals surface area (Å²) in [4.78, 5) is 8.55. The van der Waals surface area contributed by atoms with Crippen LogP contribution in [0.2, 0.25) is 1.41 Å². The number of hydrogen-bond donors (Lipinski definition) is 1. The third-order valence-corrected chi connectivity index (χ3v) is 3.51. The predicted octanol–water partition coefficient (Wildman–Crippen LogP) is 2.00. The van der Waals surface area contributed by atoms with Crippen LogP contribution in [-0.2, 0) is 0 Å². The summed E-state index contributed by atoms with van der Waals surface area (Å²) in [5, 5.41) is 5.49. The zero-order valence-electron chi connectivity index (χ0n) is 13.2. The Morgan fingerprint density at radius 3 is 3.10 bits per heavy atom. The average Bonchev–Trinajstić information content (AvgIpc) is 2.88. The van der Waals surface area contributed by atoms with Gasteiger partial charge in [-0.05, 0) is 35.2 Å². The van der Waals surface area contributed by atoms with Crippen LogP contribution >= 0.6 is 15.9 Å². The number of halogens is 1. The number of aromatic nitrogens is 4. The number of anilines is 1. The zero-order valence-corrected chi connectivity index (χ0v) is 13.7. The third kappa shape index (κ3) is 3.90. The van der Waals surface area contributed by atoms with Crippen LogP contribution in [-0.4, -0.2) is 47.0 Å². The molecule has 3 radical (unpaired) electrons. The first-order valence-electron chi connectivity index (χ1n) is 7.43. The van der Waals surface area contributed by atoms with Crippen LogP contribution in [0.3, 0.4) is 0 Å². The maximum absolute atomic E-state index is 8.02. The van der Waals surface area contributed by atoms with Crippen LogP contribution in [0, 0.1) is 0 Å². The maximum Gasteiger partial charge on any atom is 0.336 e. The van der Waals surface area contributed by atoms with E-state index in [0.717, 1.165) is 24.6 Å². The van der Waals surface area contributed by atoms with Crippen molar-refractivity contribution in [2.45, 2.75) is 39.2 Å². The van der Waals surface area contributed by atoms with E-state index in [2.05, 4.69) is 44.8 Å². The van der Waals surface area contributed by atoms with E-state index < -0.39 is 0 Å². The molecule has 9 heteroatoms. The molecule has 0 aliphatic rings. The van der Waals surface area contributed by atoms with E-state index in [9.17, 15) is 0 Å². The Hall–Kier alpha value is -1.24. The molecule has 1 N–H and O–H groups in total. The Balaban J connectivity index is 2.40. The Labute approximate surface area is 136 Å². The van der Waals surface area contributed by atoms with Gasteiger partial charge in [0.15, 0.2) is 12.9 Å². The van der Waals surface area contributed by atoms with E-state index in [1.165, 1.54) is 7.17 Å². The lowest BCUT2D eigenvalue weighted by Gasteiger charge is -2.16. The average molecular weight is 350 g/mol. The van der Waals surface area contributed by atoms with Gasteiger partial charge in [-0.25, -0.2) is 4.98 Å². The van der Waals surface area contributed by atoms with Crippen molar-refractivity contribution < 1.29 is 6.15 Å². The second kappa shape index (κ2) is 7.68. The fourth-order valence-corrected chi connectivity index (χ4v) is 2.28. The smallest absolute Gasteiger partial charge is 0.336 e. The molecular formula is C12H17B2BrN5O. The van der Waals surface area contributed by atoms with Crippen LogP contribution in [0.5, 0.6) is 6.01 Å². The van der Waals surface area contributed by atoms with Crippen LogP contribution in [0.4, 0.5) is 5.82 Å². The monoisotopic (exact) mass is 349 g/mol. The topological polar surface area (TPSA) is 64.3 Å². The molecule has 0 aliphatic carbocycles. The molecule has 0 saturated heterocycles. The maximum atomic E-state index is 8.02. The standard InChI is InChI=1S/C12H17B2BrN5O/c1-3-5-8(4-2)21-12-18-10(17-7-14-13)11-16-6-9(15)20(11)19-12/h6,8H,3-5,7H2,1-2H3,(H,17,18,19)/i/hD. The first-order chi connectivity index (χ1) is 10.6. The summed E-state index contributed by atoms with van der Waals surface area (Å²) < 4.78 is 16.1. The van der Waals surface area contributed by atoms with Crippen molar-refractivity contribution in [1.82, 2.24) is 19.6 Å². The molecule has 21 heavy (non-hydrogen) atoms. The van der Waals surface area contributed by atoms with Gasteiger partial charge >= 0.3 is 6.01 Å². The second-order valence-corrected chi connectivity index (χ2v) is 5.36. The van der Waals surface area contributed by atoms with Gasteiger partial charge in [0.05, 0.1) is 13.4 Å². The van der Waals surface area contributed by atoms with Crippen molar-refractivity contribution >= 4 is 42.3 Å². The van der Waals surface area contributed by atoms with Crippen LogP contribution in [0.25, 0.3) is 5.65 Å². The van der Waals surface area contributed by atoms with E-state index in [1.807, 2.05) is 0 Å². The molecule has 0 aliphatic heterocycles. The molecule has 0 spiro atoms. The fourth-order valence-electron chi connectivity index (χ4n) is 1.93. The Bertz CT molecular complexity index is 629. The summed E-state index contributed by atoms with van der Waals surface area (Å²) in [6.07, 6.45) is 4.72. The summed E-state index contributed by atoms with van der Waals surface area (Å²) in [6, 6.07) is 0.232. The highest BCUT2D eigenvalue weighted by atomic mass is 79.9. The molecule has 6 nitrogen and oxygen atoms in total. The van der Waals surface area contributed by atoms with Crippen LogP contribution < -0.4 is 10.0 Å². The van der Waals surface area contributed by atoms with Gasteiger partial charge < -0.3 is 10.0 Å². The van der Waals surface area contributed by atoms with Gasteiger partial charge in [-0.3, -0.25) is 0 Å². The minimum atomic E-state index is 0.0536. The number of fused-ring (bicyclic) bond motifs is 1. The molecule has 2 aromatic rings. The molecular weight excluding hydrogens is 332 g/mol. The molecule has 0 bridgehead atoms. The van der Waals surface area contributed by atoms with Crippen molar-refractivity contribution in [3.05, 3.63) is 10.8 Å². The molecule has 0 saturated carbocycles. The molecule has 0 aromatic carbocycles. The van der Waals surface area contributed by atoms with Gasteiger partial charge in [-0.2, -0.15) is 9.50 Å². The van der Waals surface area contributed by atoms with E-state index >= 15 is 0 Å². The number of ether oxygens (including phenoxy) is 1. The molecule has 0 fully saturated rings. The fraction of sp³-hybridized carbons (Fsp3) is 0.583. The summed E-state index contributed by atoms with van der Waals surface area (Å²) in [5.41, 5.74) is 0.472. The summed E-state index contributed by atoms with van der Waals surface area (Å²) in [5.74, 6) is 0.351. The minimum Gasteiger partial charge on any atom is -0.459 e. The van der Waals surface area contributed by atoms with Crippen LogP contribution in [0.15, 0.2) is 10.8 Å². The molecule has 2 rings (SSSR count). The van der Waals surface area contributed by atoms with Crippen molar-refractivity contribution in [3.8, 4) is 6.01 Å². The van der Waals surface area contributed by atoms with Crippen molar-refractivity contribution in [2.75, 3.05) is 11.8 Å². The van der Waals surface area contributed by atoms with Gasteiger partial charge in [0.1, 0.15) is 10.7 Å². The highest BCUT2D eigenvalue weighted by Crippen LogP contribution is 2.21. The molecule has 0 amide bonds. The molecule has 2 aromatic heterocycles. The SMILES string of the molecule is [2H]N(C[B][B])c1nc(OC(CC)CCC)nn2c(Br)cnc12. The Kier molecular flexibility index (Phi) is 5.37. The molecule has 1 atom stereocenters. The molecule has 1 unspecified atom stereocenters. The first-order valence-corrected chi connectivity index (χ1v) is 7.77. The van der Waals surface area contributed by atoms with Crippen molar-refractivity contribution in [3.63, 3.8) is 0 Å². The second-order valence-electron chi connectivity index (χ2n) is 4.55. The van der Waals surface area contributed by atoms with E-state index in [-0.39, 0.29) is 18.6 Å². The Morgan fingerprint density at radius 2 is 2.43 bits per heavy atom. The normalized spacial score (nSPS) is 13.0. The number of hydrogen-bond acceptors (Lipinski definition) is 5. The van der Waals surface area contributed by atoms with Gasteiger partial charge in [0.2, 0.25) is 0 Å². The number of rotatable bonds is 8. The van der Waals surface area contributed by atoms with Gasteiger partial charge in [0, 0.05) is 7.74 Å².